The lowest BCUT2D eigenvalue weighted by molar-refractivity contribution is -0.138. The minimum Gasteiger partial charge on any atom is -0.481 e. The Bertz CT molecular complexity index is 419. The molecule has 0 saturated heterocycles. The predicted octanol–water partition coefficient (Wildman–Crippen LogP) is 3.56. The van der Waals surface area contributed by atoms with Crippen molar-refractivity contribution >= 4 is 11.9 Å². The summed E-state index contributed by atoms with van der Waals surface area (Å²) in [5.74, 6) is -1.34. The molecule has 4 heteroatoms. The Morgan fingerprint density at radius 1 is 1.15 bits per heavy atom. The average Bonchev–Trinajstić information content (AvgIpc) is 2.27. The number of carboxylic acid groups (broad SMARTS) is 2. The molecule has 1 unspecified atom stereocenters. The Morgan fingerprint density at radius 2 is 1.60 bits per heavy atom. The van der Waals surface area contributed by atoms with Gasteiger partial charge in [-0.05, 0) is 23.3 Å². The molecule has 0 saturated carbocycles. The van der Waals surface area contributed by atoms with E-state index in [1.165, 1.54) is 5.56 Å². The molecule has 0 fully saturated rings. The van der Waals surface area contributed by atoms with Crippen molar-refractivity contribution in [3.63, 3.8) is 0 Å². The normalized spacial score (nSPS) is 12.0. The molecule has 0 radical (unpaired) electrons. The van der Waals surface area contributed by atoms with Crippen LogP contribution < -0.4 is 0 Å². The third-order valence-electron chi connectivity index (χ3n) is 2.94. The van der Waals surface area contributed by atoms with Crippen molar-refractivity contribution in [2.45, 2.75) is 46.0 Å². The van der Waals surface area contributed by atoms with Crippen LogP contribution in [-0.4, -0.2) is 22.2 Å². The summed E-state index contributed by atoms with van der Waals surface area (Å²) in [6.07, 6.45) is 1.14. The number of carbonyl (C=O) groups is 2. The standard InChI is InChI=1S/C14H20O2.C2H4O2/c1-11(9-13(15)16)10-14(2,3)12-7-5-4-6-8-12;1-2(3)4/h4-8,11H,9-10H2,1-3H3,(H,15,16);1H3,(H,3,4). The molecule has 1 aromatic rings. The van der Waals surface area contributed by atoms with Gasteiger partial charge in [0.25, 0.3) is 5.97 Å². The highest BCUT2D eigenvalue weighted by atomic mass is 16.4. The highest BCUT2D eigenvalue weighted by Crippen LogP contribution is 2.31. The zero-order chi connectivity index (χ0) is 15.8. The van der Waals surface area contributed by atoms with Gasteiger partial charge in [0.05, 0.1) is 0 Å². The average molecular weight is 280 g/mol. The molecule has 0 aliphatic carbocycles. The van der Waals surface area contributed by atoms with Crippen molar-refractivity contribution in [1.82, 2.24) is 0 Å². The Morgan fingerprint density at radius 3 is 2.00 bits per heavy atom. The summed E-state index contributed by atoms with van der Waals surface area (Å²) < 4.78 is 0. The van der Waals surface area contributed by atoms with Gasteiger partial charge in [-0.15, -0.1) is 0 Å². The molecule has 0 spiro atoms. The van der Waals surface area contributed by atoms with Gasteiger partial charge in [0.1, 0.15) is 0 Å². The second kappa shape index (κ2) is 8.35. The van der Waals surface area contributed by atoms with E-state index in [4.69, 9.17) is 15.0 Å². The van der Waals surface area contributed by atoms with Crippen molar-refractivity contribution in [2.75, 3.05) is 0 Å². The van der Waals surface area contributed by atoms with Crippen LogP contribution in [0.2, 0.25) is 0 Å². The SMILES string of the molecule is CC(=O)O.CC(CC(=O)O)CC(C)(C)c1ccccc1. The summed E-state index contributed by atoms with van der Waals surface area (Å²) in [6.45, 7) is 7.42. The molecular weight excluding hydrogens is 256 g/mol. The van der Waals surface area contributed by atoms with E-state index < -0.39 is 11.9 Å². The van der Waals surface area contributed by atoms with Crippen LogP contribution in [0.25, 0.3) is 0 Å². The van der Waals surface area contributed by atoms with Gasteiger partial charge in [0.15, 0.2) is 0 Å². The second-order valence-corrected chi connectivity index (χ2v) is 5.68. The van der Waals surface area contributed by atoms with Gasteiger partial charge in [-0.1, -0.05) is 51.1 Å². The fraction of sp³-hybridized carbons (Fsp3) is 0.500. The molecule has 1 aromatic carbocycles. The van der Waals surface area contributed by atoms with Crippen molar-refractivity contribution in [1.29, 1.82) is 0 Å². The minimum atomic E-state index is -0.833. The van der Waals surface area contributed by atoms with Crippen LogP contribution in [-0.2, 0) is 15.0 Å². The monoisotopic (exact) mass is 280 g/mol. The van der Waals surface area contributed by atoms with Crippen LogP contribution in [0.1, 0.15) is 46.1 Å². The summed E-state index contributed by atoms with van der Waals surface area (Å²) in [4.78, 5) is 19.6. The number of rotatable bonds is 5. The third kappa shape index (κ3) is 8.29. The van der Waals surface area contributed by atoms with E-state index in [1.54, 1.807) is 0 Å². The molecule has 20 heavy (non-hydrogen) atoms. The molecule has 112 valence electrons. The van der Waals surface area contributed by atoms with E-state index in [9.17, 15) is 4.79 Å². The van der Waals surface area contributed by atoms with Gasteiger partial charge in [0.2, 0.25) is 0 Å². The second-order valence-electron chi connectivity index (χ2n) is 5.68. The van der Waals surface area contributed by atoms with Crippen molar-refractivity contribution in [2.24, 2.45) is 5.92 Å². The first kappa shape index (κ1) is 18.2. The lowest BCUT2D eigenvalue weighted by Gasteiger charge is -2.28. The molecule has 0 aromatic heterocycles. The zero-order valence-electron chi connectivity index (χ0n) is 12.6. The highest BCUT2D eigenvalue weighted by molar-refractivity contribution is 5.66. The smallest absolute Gasteiger partial charge is 0.303 e. The molecule has 0 aliphatic rings. The Labute approximate surface area is 120 Å². The first-order chi connectivity index (χ1) is 9.15. The predicted molar refractivity (Wildman–Crippen MR) is 78.8 cm³/mol. The van der Waals surface area contributed by atoms with Gasteiger partial charge in [0, 0.05) is 13.3 Å². The Hall–Kier alpha value is -1.84. The Kier molecular flexibility index (Phi) is 7.59. The van der Waals surface area contributed by atoms with Crippen molar-refractivity contribution in [3.8, 4) is 0 Å². The molecular formula is C16H24O4. The number of hydrogen-bond acceptors (Lipinski definition) is 2. The number of benzene rings is 1. The topological polar surface area (TPSA) is 74.6 Å². The van der Waals surface area contributed by atoms with E-state index >= 15 is 0 Å². The molecule has 1 atom stereocenters. The van der Waals surface area contributed by atoms with Gasteiger partial charge in [-0.3, -0.25) is 9.59 Å². The lowest BCUT2D eigenvalue weighted by atomic mass is 9.77. The molecule has 1 rings (SSSR count). The third-order valence-corrected chi connectivity index (χ3v) is 2.94. The fourth-order valence-corrected chi connectivity index (χ4v) is 2.25. The maximum absolute atomic E-state index is 10.6. The van der Waals surface area contributed by atoms with Gasteiger partial charge in [-0.2, -0.15) is 0 Å². The molecule has 0 aliphatic heterocycles. The van der Waals surface area contributed by atoms with Crippen LogP contribution in [0.15, 0.2) is 30.3 Å². The number of hydrogen-bond donors (Lipinski definition) is 2. The summed E-state index contributed by atoms with van der Waals surface area (Å²) in [7, 11) is 0. The van der Waals surface area contributed by atoms with Crippen LogP contribution in [0, 0.1) is 5.92 Å². The van der Waals surface area contributed by atoms with Gasteiger partial charge in [-0.25, -0.2) is 0 Å². The van der Waals surface area contributed by atoms with Crippen LogP contribution in [0.3, 0.4) is 0 Å². The number of carboxylic acids is 2. The minimum absolute atomic E-state index is 0.0378. The van der Waals surface area contributed by atoms with E-state index in [0.717, 1.165) is 13.3 Å². The van der Waals surface area contributed by atoms with Crippen LogP contribution in [0.4, 0.5) is 0 Å². The zero-order valence-corrected chi connectivity index (χ0v) is 12.6. The van der Waals surface area contributed by atoms with Gasteiger partial charge < -0.3 is 10.2 Å². The molecule has 0 amide bonds. The van der Waals surface area contributed by atoms with Crippen molar-refractivity contribution in [3.05, 3.63) is 35.9 Å². The van der Waals surface area contributed by atoms with Crippen LogP contribution in [0.5, 0.6) is 0 Å². The molecule has 4 nitrogen and oxygen atoms in total. The summed E-state index contributed by atoms with van der Waals surface area (Å²) in [5.41, 5.74) is 1.31. The van der Waals surface area contributed by atoms with E-state index in [-0.39, 0.29) is 17.8 Å². The molecule has 0 bridgehead atoms. The Balaban J connectivity index is 0.000000796. The van der Waals surface area contributed by atoms with E-state index in [1.807, 2.05) is 25.1 Å². The largest absolute Gasteiger partial charge is 0.481 e. The summed E-state index contributed by atoms with van der Waals surface area (Å²) in [6, 6.07) is 10.3. The lowest BCUT2D eigenvalue weighted by Crippen LogP contribution is -2.21. The fourth-order valence-electron chi connectivity index (χ4n) is 2.25. The summed E-state index contributed by atoms with van der Waals surface area (Å²) in [5, 5.41) is 16.2. The number of aliphatic carboxylic acids is 2. The molecule has 2 N–H and O–H groups in total. The summed E-state index contributed by atoms with van der Waals surface area (Å²) >= 11 is 0. The van der Waals surface area contributed by atoms with Crippen LogP contribution >= 0.6 is 0 Å². The maximum Gasteiger partial charge on any atom is 0.303 e. The van der Waals surface area contributed by atoms with Gasteiger partial charge >= 0.3 is 5.97 Å². The molecule has 0 heterocycles. The van der Waals surface area contributed by atoms with Crippen molar-refractivity contribution < 1.29 is 19.8 Å². The van der Waals surface area contributed by atoms with E-state index in [2.05, 4.69) is 26.0 Å². The maximum atomic E-state index is 10.6. The quantitative estimate of drug-likeness (QED) is 0.864. The first-order valence-electron chi connectivity index (χ1n) is 6.62. The van der Waals surface area contributed by atoms with E-state index in [0.29, 0.717) is 0 Å². The highest BCUT2D eigenvalue weighted by Gasteiger charge is 2.24. The first-order valence-corrected chi connectivity index (χ1v) is 6.62.